The molecule has 0 radical (unpaired) electrons. The minimum atomic E-state index is -0.216. The van der Waals surface area contributed by atoms with E-state index in [9.17, 15) is 14.4 Å². The molecule has 4 rings (SSSR count). The number of hydrogen-bond acceptors (Lipinski definition) is 3. The second kappa shape index (κ2) is 9.06. The van der Waals surface area contributed by atoms with Crippen molar-refractivity contribution in [1.29, 1.82) is 0 Å². The van der Waals surface area contributed by atoms with Gasteiger partial charge >= 0.3 is 0 Å². The number of nitrogens with zero attached hydrogens (tertiary/aromatic N) is 2. The zero-order chi connectivity index (χ0) is 22.7. The van der Waals surface area contributed by atoms with E-state index in [4.69, 9.17) is 0 Å². The van der Waals surface area contributed by atoms with Gasteiger partial charge in [0.1, 0.15) is 6.54 Å². The molecule has 0 aliphatic carbocycles. The van der Waals surface area contributed by atoms with Crippen molar-refractivity contribution in [3.05, 3.63) is 88.6 Å². The van der Waals surface area contributed by atoms with Gasteiger partial charge in [0.15, 0.2) is 5.43 Å². The number of rotatable bonds is 6. The quantitative estimate of drug-likeness (QED) is 0.467. The Morgan fingerprint density at radius 3 is 1.88 bits per heavy atom. The lowest BCUT2D eigenvalue weighted by Crippen LogP contribution is -2.30. The molecule has 0 atom stereocenters. The molecule has 0 aliphatic rings. The normalized spacial score (nSPS) is 10.9. The molecule has 0 spiro atoms. The van der Waals surface area contributed by atoms with Crippen LogP contribution in [-0.4, -0.2) is 34.4 Å². The van der Waals surface area contributed by atoms with Crippen LogP contribution in [0.4, 0.5) is 5.69 Å². The van der Waals surface area contributed by atoms with E-state index >= 15 is 0 Å². The second-order valence-corrected chi connectivity index (χ2v) is 7.55. The Balaban J connectivity index is 1.60. The minimum Gasteiger partial charge on any atom is -0.339 e. The second-order valence-electron chi connectivity index (χ2n) is 7.55. The highest BCUT2D eigenvalue weighted by molar-refractivity contribution is 5.98. The lowest BCUT2D eigenvalue weighted by molar-refractivity contribution is -0.116. The molecule has 0 fully saturated rings. The molecular formula is C26H25N3O3. The Kier molecular flexibility index (Phi) is 6.03. The third kappa shape index (κ3) is 3.99. The predicted molar refractivity (Wildman–Crippen MR) is 128 cm³/mol. The minimum absolute atomic E-state index is 0.0286. The standard InChI is InChI=1S/C26H25N3O3/c1-3-28(4-2)26(32)18-13-15-19(16-14-18)27-24(30)17-29-22-11-7-5-9-20(22)25(31)21-10-6-8-12-23(21)29/h5-16H,3-4,17H2,1-2H3,(H,27,30). The van der Waals surface area contributed by atoms with Gasteiger partial charge in [-0.25, -0.2) is 0 Å². The maximum atomic E-state index is 12.9. The van der Waals surface area contributed by atoms with E-state index in [0.717, 1.165) is 0 Å². The number of fused-ring (bicyclic) bond motifs is 2. The van der Waals surface area contributed by atoms with Crippen LogP contribution in [0.25, 0.3) is 21.8 Å². The van der Waals surface area contributed by atoms with Crippen molar-refractivity contribution in [3.63, 3.8) is 0 Å². The molecule has 162 valence electrons. The van der Waals surface area contributed by atoms with Crippen molar-refractivity contribution in [2.45, 2.75) is 20.4 Å². The molecule has 6 nitrogen and oxygen atoms in total. The fourth-order valence-corrected chi connectivity index (χ4v) is 3.98. The van der Waals surface area contributed by atoms with E-state index in [1.807, 2.05) is 54.8 Å². The van der Waals surface area contributed by atoms with Gasteiger partial charge in [-0.05, 0) is 62.4 Å². The topological polar surface area (TPSA) is 71.4 Å². The van der Waals surface area contributed by atoms with Crippen LogP contribution < -0.4 is 10.7 Å². The fraction of sp³-hybridized carbons (Fsp3) is 0.192. The number of hydrogen-bond donors (Lipinski definition) is 1. The largest absolute Gasteiger partial charge is 0.339 e. The summed E-state index contributed by atoms with van der Waals surface area (Å²) in [7, 11) is 0. The highest BCUT2D eigenvalue weighted by Crippen LogP contribution is 2.19. The Labute approximate surface area is 186 Å². The van der Waals surface area contributed by atoms with Crippen molar-refractivity contribution in [2.75, 3.05) is 18.4 Å². The first-order chi connectivity index (χ1) is 15.5. The molecule has 1 heterocycles. The summed E-state index contributed by atoms with van der Waals surface area (Å²) in [6, 6.07) is 21.5. The number of para-hydroxylation sites is 2. The molecular weight excluding hydrogens is 402 g/mol. The molecule has 0 bridgehead atoms. The van der Waals surface area contributed by atoms with Gasteiger partial charge in [0.05, 0.1) is 11.0 Å². The molecule has 0 aliphatic heterocycles. The molecule has 1 N–H and O–H groups in total. The van der Waals surface area contributed by atoms with Crippen molar-refractivity contribution >= 4 is 39.3 Å². The maximum Gasteiger partial charge on any atom is 0.253 e. The highest BCUT2D eigenvalue weighted by atomic mass is 16.2. The van der Waals surface area contributed by atoms with E-state index in [-0.39, 0.29) is 23.8 Å². The van der Waals surface area contributed by atoms with Crippen LogP contribution in [0.1, 0.15) is 24.2 Å². The zero-order valence-corrected chi connectivity index (χ0v) is 18.2. The van der Waals surface area contributed by atoms with Crippen LogP contribution >= 0.6 is 0 Å². The summed E-state index contributed by atoms with van der Waals surface area (Å²) in [5.74, 6) is -0.245. The average Bonchev–Trinajstić information content (AvgIpc) is 2.83. The number of amides is 2. The number of nitrogens with one attached hydrogen (secondary N) is 1. The number of carbonyl (C=O) groups is 2. The lowest BCUT2D eigenvalue weighted by Gasteiger charge is -2.18. The van der Waals surface area contributed by atoms with Crippen LogP contribution in [0.15, 0.2) is 77.6 Å². The van der Waals surface area contributed by atoms with E-state index < -0.39 is 0 Å². The summed E-state index contributed by atoms with van der Waals surface area (Å²) < 4.78 is 1.86. The van der Waals surface area contributed by atoms with Crippen molar-refractivity contribution < 1.29 is 9.59 Å². The number of pyridine rings is 1. The van der Waals surface area contributed by atoms with Crippen molar-refractivity contribution in [2.24, 2.45) is 0 Å². The maximum absolute atomic E-state index is 12.9. The number of anilines is 1. The molecule has 0 saturated heterocycles. The average molecular weight is 428 g/mol. The van der Waals surface area contributed by atoms with Crippen molar-refractivity contribution in [1.82, 2.24) is 9.47 Å². The van der Waals surface area contributed by atoms with E-state index in [2.05, 4.69) is 5.32 Å². The number of carbonyl (C=O) groups excluding carboxylic acids is 2. The molecule has 1 aromatic heterocycles. The Morgan fingerprint density at radius 1 is 0.812 bits per heavy atom. The molecule has 2 amide bonds. The predicted octanol–water partition coefficient (Wildman–Crippen LogP) is 4.28. The van der Waals surface area contributed by atoms with Gasteiger partial charge in [-0.3, -0.25) is 14.4 Å². The molecule has 4 aromatic rings. The van der Waals surface area contributed by atoms with Crippen molar-refractivity contribution in [3.8, 4) is 0 Å². The summed E-state index contributed by atoms with van der Waals surface area (Å²) >= 11 is 0. The molecule has 6 heteroatoms. The first-order valence-electron chi connectivity index (χ1n) is 10.7. The lowest BCUT2D eigenvalue weighted by atomic mass is 10.1. The highest BCUT2D eigenvalue weighted by Gasteiger charge is 2.14. The summed E-state index contributed by atoms with van der Waals surface area (Å²) in [6.07, 6.45) is 0. The van der Waals surface area contributed by atoms with Gasteiger partial charge in [-0.15, -0.1) is 0 Å². The van der Waals surface area contributed by atoms with Gasteiger partial charge in [-0.1, -0.05) is 24.3 Å². The smallest absolute Gasteiger partial charge is 0.253 e. The third-order valence-electron chi connectivity index (χ3n) is 5.65. The monoisotopic (exact) mass is 427 g/mol. The number of benzene rings is 3. The third-order valence-corrected chi connectivity index (χ3v) is 5.65. The van der Waals surface area contributed by atoms with E-state index in [1.54, 1.807) is 41.3 Å². The molecule has 0 unspecified atom stereocenters. The van der Waals surface area contributed by atoms with Gasteiger partial charge in [0, 0.05) is 35.1 Å². The summed E-state index contributed by atoms with van der Waals surface area (Å²) in [4.78, 5) is 40.0. The van der Waals surface area contributed by atoms with E-state index in [1.165, 1.54) is 0 Å². The first kappa shape index (κ1) is 21.3. The van der Waals surface area contributed by atoms with Crippen LogP contribution in [0.3, 0.4) is 0 Å². The first-order valence-corrected chi connectivity index (χ1v) is 10.7. The number of aromatic nitrogens is 1. The fourth-order valence-electron chi connectivity index (χ4n) is 3.98. The van der Waals surface area contributed by atoms with Crippen LogP contribution in [-0.2, 0) is 11.3 Å². The molecule has 0 saturated carbocycles. The van der Waals surface area contributed by atoms with Crippen LogP contribution in [0.2, 0.25) is 0 Å². The van der Waals surface area contributed by atoms with E-state index in [0.29, 0.717) is 46.1 Å². The van der Waals surface area contributed by atoms with Gasteiger partial charge in [0.2, 0.25) is 5.91 Å². The molecule has 32 heavy (non-hydrogen) atoms. The summed E-state index contributed by atoms with van der Waals surface area (Å²) in [5.41, 5.74) is 2.59. The summed E-state index contributed by atoms with van der Waals surface area (Å²) in [6.45, 7) is 5.24. The van der Waals surface area contributed by atoms with Gasteiger partial charge in [-0.2, -0.15) is 0 Å². The Hall–Kier alpha value is -3.93. The van der Waals surface area contributed by atoms with Gasteiger partial charge < -0.3 is 14.8 Å². The zero-order valence-electron chi connectivity index (χ0n) is 18.2. The van der Waals surface area contributed by atoms with Gasteiger partial charge in [0.25, 0.3) is 5.91 Å². The Morgan fingerprint density at radius 2 is 1.34 bits per heavy atom. The Bertz CT molecular complexity index is 1290. The van der Waals surface area contributed by atoms with Crippen LogP contribution in [0, 0.1) is 0 Å². The summed E-state index contributed by atoms with van der Waals surface area (Å²) in [5, 5.41) is 4.06. The SMILES string of the molecule is CCN(CC)C(=O)c1ccc(NC(=O)Cn2c3ccccc3c(=O)c3ccccc32)cc1. The van der Waals surface area contributed by atoms with Crippen LogP contribution in [0.5, 0.6) is 0 Å². The molecule has 3 aromatic carbocycles.